The molecule has 0 aliphatic heterocycles. The van der Waals surface area contributed by atoms with Gasteiger partial charge in [-0.25, -0.2) is 4.79 Å². The average Bonchev–Trinajstić information content (AvgIpc) is 2.67. The predicted octanol–water partition coefficient (Wildman–Crippen LogP) is 3.94. The highest BCUT2D eigenvalue weighted by Crippen LogP contribution is 2.25. The third-order valence-corrected chi connectivity index (χ3v) is 3.68. The molecule has 2 aromatic carbocycles. The molecule has 2 rings (SSSR count). The van der Waals surface area contributed by atoms with Crippen LogP contribution >= 0.6 is 11.6 Å². The van der Waals surface area contributed by atoms with Crippen LogP contribution in [0, 0.1) is 0 Å². The van der Waals surface area contributed by atoms with Gasteiger partial charge in [-0.15, -0.1) is 0 Å². The van der Waals surface area contributed by atoms with Gasteiger partial charge in [0.25, 0.3) is 0 Å². The van der Waals surface area contributed by atoms with Crippen LogP contribution in [0.2, 0.25) is 5.02 Å². The van der Waals surface area contributed by atoms with Gasteiger partial charge in [-0.2, -0.15) is 5.48 Å². The highest BCUT2D eigenvalue weighted by Gasteiger charge is 2.08. The summed E-state index contributed by atoms with van der Waals surface area (Å²) in [6.07, 6.45) is -0.736. The minimum absolute atomic E-state index is 0.263. The SMILES string of the molecule is COC(=O)NOc1cc(/C(C)=N/OCc2ccc(OC)cc2)ccc1Cl. The van der Waals surface area contributed by atoms with Crippen LogP contribution in [0.4, 0.5) is 4.79 Å². The van der Waals surface area contributed by atoms with Gasteiger partial charge in [-0.05, 0) is 36.8 Å². The van der Waals surface area contributed by atoms with E-state index in [1.54, 1.807) is 32.2 Å². The Morgan fingerprint density at radius 3 is 2.54 bits per heavy atom. The lowest BCUT2D eigenvalue weighted by atomic mass is 10.1. The van der Waals surface area contributed by atoms with E-state index in [0.717, 1.165) is 16.9 Å². The Balaban J connectivity index is 1.99. The smallest absolute Gasteiger partial charge is 0.440 e. The second kappa shape index (κ2) is 9.53. The molecule has 1 amide bonds. The van der Waals surface area contributed by atoms with E-state index >= 15 is 0 Å². The molecule has 0 saturated heterocycles. The van der Waals surface area contributed by atoms with Gasteiger partial charge >= 0.3 is 6.09 Å². The Morgan fingerprint density at radius 1 is 1.15 bits per heavy atom. The number of carbonyl (C=O) groups excluding carboxylic acids is 1. The lowest BCUT2D eigenvalue weighted by molar-refractivity contribution is 0.118. The molecule has 0 fully saturated rings. The van der Waals surface area contributed by atoms with Crippen molar-refractivity contribution in [2.75, 3.05) is 14.2 Å². The van der Waals surface area contributed by atoms with Crippen LogP contribution in [0.5, 0.6) is 11.5 Å². The molecular weight excluding hydrogens is 360 g/mol. The molecule has 2 aromatic rings. The van der Waals surface area contributed by atoms with Crippen LogP contribution in [0.25, 0.3) is 0 Å². The number of carbonyl (C=O) groups is 1. The Labute approximate surface area is 156 Å². The maximum absolute atomic E-state index is 11.1. The average molecular weight is 379 g/mol. The summed E-state index contributed by atoms with van der Waals surface area (Å²) in [5.41, 5.74) is 4.42. The normalized spacial score (nSPS) is 10.8. The number of rotatable bonds is 7. The van der Waals surface area contributed by atoms with Gasteiger partial charge < -0.3 is 19.1 Å². The molecule has 8 heteroatoms. The van der Waals surface area contributed by atoms with Gasteiger partial charge in [-0.1, -0.05) is 35.0 Å². The molecule has 138 valence electrons. The predicted molar refractivity (Wildman–Crippen MR) is 97.6 cm³/mol. The number of methoxy groups -OCH3 is 2. The van der Waals surface area contributed by atoms with E-state index in [4.69, 9.17) is 26.0 Å². The van der Waals surface area contributed by atoms with Crippen molar-refractivity contribution in [2.24, 2.45) is 5.16 Å². The Bertz CT molecular complexity index is 778. The van der Waals surface area contributed by atoms with Crippen LogP contribution in [0.15, 0.2) is 47.6 Å². The summed E-state index contributed by atoms with van der Waals surface area (Å²) in [6, 6.07) is 12.5. The number of nitrogens with zero attached hydrogens (tertiary/aromatic N) is 1. The molecule has 0 saturated carbocycles. The van der Waals surface area contributed by atoms with E-state index < -0.39 is 6.09 Å². The summed E-state index contributed by atoms with van der Waals surface area (Å²) >= 11 is 6.04. The number of benzene rings is 2. The lowest BCUT2D eigenvalue weighted by Crippen LogP contribution is -2.26. The Kier molecular flexibility index (Phi) is 7.11. The number of hydrogen-bond donors (Lipinski definition) is 1. The highest BCUT2D eigenvalue weighted by molar-refractivity contribution is 6.32. The summed E-state index contributed by atoms with van der Waals surface area (Å²) in [5, 5.41) is 4.42. The van der Waals surface area contributed by atoms with E-state index in [9.17, 15) is 4.79 Å². The van der Waals surface area contributed by atoms with Gasteiger partial charge in [0.15, 0.2) is 5.75 Å². The van der Waals surface area contributed by atoms with Crippen LogP contribution in [-0.4, -0.2) is 26.0 Å². The quantitative estimate of drug-likeness (QED) is 0.583. The number of hydroxylamine groups is 1. The number of oxime groups is 1. The number of ether oxygens (including phenoxy) is 2. The van der Waals surface area contributed by atoms with E-state index in [1.807, 2.05) is 24.3 Å². The summed E-state index contributed by atoms with van der Waals surface area (Å²) in [4.78, 5) is 21.6. The minimum Gasteiger partial charge on any atom is -0.497 e. The first-order valence-electron chi connectivity index (χ1n) is 7.63. The van der Waals surface area contributed by atoms with Crippen molar-refractivity contribution in [3.05, 3.63) is 58.6 Å². The number of nitrogens with one attached hydrogen (secondary N) is 1. The molecular formula is C18H19ClN2O5. The largest absolute Gasteiger partial charge is 0.497 e. The van der Waals surface area contributed by atoms with Gasteiger partial charge in [0, 0.05) is 5.56 Å². The summed E-state index contributed by atoms with van der Waals surface area (Å²) in [6.45, 7) is 2.11. The maximum Gasteiger partial charge on any atom is 0.440 e. The first kappa shape index (κ1) is 19.4. The molecule has 0 spiro atoms. The fourth-order valence-electron chi connectivity index (χ4n) is 1.92. The summed E-state index contributed by atoms with van der Waals surface area (Å²) < 4.78 is 9.54. The summed E-state index contributed by atoms with van der Waals surface area (Å²) in [5.74, 6) is 1.04. The second-order valence-electron chi connectivity index (χ2n) is 5.14. The molecule has 7 nitrogen and oxygen atoms in total. The van der Waals surface area contributed by atoms with Gasteiger partial charge in [0.2, 0.25) is 0 Å². The minimum atomic E-state index is -0.736. The monoisotopic (exact) mass is 378 g/mol. The number of hydrogen-bond acceptors (Lipinski definition) is 6. The second-order valence-corrected chi connectivity index (χ2v) is 5.55. The van der Waals surface area contributed by atoms with Crippen LogP contribution in [0.3, 0.4) is 0 Å². The fraction of sp³-hybridized carbons (Fsp3) is 0.222. The molecule has 0 aliphatic rings. The van der Waals surface area contributed by atoms with Crippen molar-refractivity contribution in [3.63, 3.8) is 0 Å². The van der Waals surface area contributed by atoms with Crippen molar-refractivity contribution in [1.82, 2.24) is 5.48 Å². The van der Waals surface area contributed by atoms with Gasteiger partial charge in [-0.3, -0.25) is 0 Å². The molecule has 0 aliphatic carbocycles. The van der Waals surface area contributed by atoms with Crippen molar-refractivity contribution < 1.29 is 23.9 Å². The van der Waals surface area contributed by atoms with E-state index in [1.165, 1.54) is 7.11 Å². The first-order valence-corrected chi connectivity index (χ1v) is 8.01. The zero-order valence-corrected chi connectivity index (χ0v) is 15.4. The topological polar surface area (TPSA) is 78.4 Å². The zero-order valence-electron chi connectivity index (χ0n) is 14.6. The van der Waals surface area contributed by atoms with E-state index in [-0.39, 0.29) is 5.75 Å². The molecule has 1 N–H and O–H groups in total. The van der Waals surface area contributed by atoms with Crippen molar-refractivity contribution >= 4 is 23.4 Å². The zero-order chi connectivity index (χ0) is 18.9. The van der Waals surface area contributed by atoms with Crippen LogP contribution in [-0.2, 0) is 16.2 Å². The van der Waals surface area contributed by atoms with Crippen molar-refractivity contribution in [2.45, 2.75) is 13.5 Å². The molecule has 26 heavy (non-hydrogen) atoms. The fourth-order valence-corrected chi connectivity index (χ4v) is 2.08. The molecule has 0 bridgehead atoms. The molecule has 0 atom stereocenters. The Hall–Kier alpha value is -2.93. The number of halogens is 1. The van der Waals surface area contributed by atoms with E-state index in [2.05, 4.69) is 15.4 Å². The molecule has 0 radical (unpaired) electrons. The third kappa shape index (κ3) is 5.56. The molecule has 0 heterocycles. The molecule has 0 unspecified atom stereocenters. The Morgan fingerprint density at radius 2 is 1.88 bits per heavy atom. The van der Waals surface area contributed by atoms with Crippen LogP contribution in [0.1, 0.15) is 18.1 Å². The molecule has 0 aromatic heterocycles. The summed E-state index contributed by atoms with van der Waals surface area (Å²) in [7, 11) is 2.84. The van der Waals surface area contributed by atoms with Crippen molar-refractivity contribution in [1.29, 1.82) is 0 Å². The standard InChI is InChI=1S/C18H19ClN2O5/c1-12(20-25-11-13-4-7-15(23-2)8-5-13)14-6-9-16(19)17(10-14)26-21-18(22)24-3/h4-10H,11H2,1-3H3,(H,21,22)/b20-12+. The third-order valence-electron chi connectivity index (χ3n) is 3.37. The van der Waals surface area contributed by atoms with Gasteiger partial charge in [0.1, 0.15) is 12.4 Å². The van der Waals surface area contributed by atoms with Gasteiger partial charge in [0.05, 0.1) is 25.0 Å². The van der Waals surface area contributed by atoms with E-state index in [0.29, 0.717) is 17.3 Å². The first-order chi connectivity index (χ1) is 12.5. The maximum atomic E-state index is 11.1. The lowest BCUT2D eigenvalue weighted by Gasteiger charge is -2.09. The van der Waals surface area contributed by atoms with Crippen LogP contribution < -0.4 is 15.1 Å². The van der Waals surface area contributed by atoms with Crippen molar-refractivity contribution in [3.8, 4) is 11.5 Å². The highest BCUT2D eigenvalue weighted by atomic mass is 35.5. The number of amides is 1.